The van der Waals surface area contributed by atoms with Crippen LogP contribution in [0, 0.1) is 0 Å². The van der Waals surface area contributed by atoms with Gasteiger partial charge in [-0.1, -0.05) is 11.6 Å². The molecule has 2 aliphatic heterocycles. The van der Waals surface area contributed by atoms with E-state index >= 15 is 0 Å². The van der Waals surface area contributed by atoms with Gasteiger partial charge in [0.1, 0.15) is 0 Å². The lowest BCUT2D eigenvalue weighted by Gasteiger charge is -2.17. The molecule has 2 heterocycles. The molecule has 0 aromatic heterocycles. The summed E-state index contributed by atoms with van der Waals surface area (Å²) in [6.07, 6.45) is 0.914. The van der Waals surface area contributed by atoms with Gasteiger partial charge in [0.05, 0.1) is 10.6 Å². The minimum absolute atomic E-state index is 0.132. The molecule has 1 aromatic carbocycles. The summed E-state index contributed by atoms with van der Waals surface area (Å²) >= 11 is 6.12. The molecule has 0 spiro atoms. The van der Waals surface area contributed by atoms with Gasteiger partial charge in [-0.05, 0) is 31.2 Å². The molecule has 1 aromatic rings. The lowest BCUT2D eigenvalue weighted by molar-refractivity contribution is 0.0940. The second-order valence-electron chi connectivity index (χ2n) is 5.21. The van der Waals surface area contributed by atoms with Crippen molar-refractivity contribution in [3.8, 4) is 0 Å². The van der Waals surface area contributed by atoms with Crippen LogP contribution in [0.5, 0.6) is 0 Å². The van der Waals surface area contributed by atoms with E-state index in [0.717, 1.165) is 19.5 Å². The topological polar surface area (TPSA) is 73.5 Å². The zero-order valence-electron chi connectivity index (χ0n) is 11.5. The second kappa shape index (κ2) is 5.91. The summed E-state index contributed by atoms with van der Waals surface area (Å²) in [4.78, 5) is 25.6. The second-order valence-corrected chi connectivity index (χ2v) is 5.62. The summed E-state index contributed by atoms with van der Waals surface area (Å²) in [5.41, 5.74) is 1.09. The molecule has 112 valence electrons. The minimum Gasteiger partial charge on any atom is -0.348 e. The molecule has 3 amide bonds. The van der Waals surface area contributed by atoms with E-state index in [1.165, 1.54) is 0 Å². The van der Waals surface area contributed by atoms with Crippen LogP contribution in [0.15, 0.2) is 18.2 Å². The molecule has 6 nitrogen and oxygen atoms in total. The van der Waals surface area contributed by atoms with Crippen LogP contribution < -0.4 is 20.9 Å². The van der Waals surface area contributed by atoms with Gasteiger partial charge in [-0.15, -0.1) is 0 Å². The summed E-state index contributed by atoms with van der Waals surface area (Å²) in [7, 11) is 0. The number of halogens is 1. The smallest absolute Gasteiger partial charge is 0.321 e. The molecule has 0 radical (unpaired) electrons. The average molecular weight is 309 g/mol. The van der Waals surface area contributed by atoms with Crippen LogP contribution in [0.1, 0.15) is 16.8 Å². The predicted molar refractivity (Wildman–Crippen MR) is 80.9 cm³/mol. The van der Waals surface area contributed by atoms with E-state index < -0.39 is 0 Å². The number of rotatable bonds is 3. The van der Waals surface area contributed by atoms with Crippen molar-refractivity contribution in [2.45, 2.75) is 12.5 Å². The van der Waals surface area contributed by atoms with Gasteiger partial charge >= 0.3 is 6.03 Å². The largest absolute Gasteiger partial charge is 0.348 e. The number of nitrogens with one attached hydrogen (secondary N) is 3. The fourth-order valence-corrected chi connectivity index (χ4v) is 2.82. The minimum atomic E-state index is -0.199. The van der Waals surface area contributed by atoms with Crippen LogP contribution in [0.4, 0.5) is 10.5 Å². The maximum Gasteiger partial charge on any atom is 0.321 e. The van der Waals surface area contributed by atoms with E-state index in [1.807, 2.05) is 0 Å². The highest BCUT2D eigenvalue weighted by Crippen LogP contribution is 2.24. The van der Waals surface area contributed by atoms with Gasteiger partial charge in [-0.3, -0.25) is 9.69 Å². The Hall–Kier alpha value is -1.79. The standard InChI is InChI=1S/C14H17ClN4O2/c15-12-2-1-10(19-6-5-17-14(19)21)7-11(12)13(20)18-9-3-4-16-8-9/h1-2,7,9,16H,3-6,8H2,(H,17,21)(H,18,20). The summed E-state index contributed by atoms with van der Waals surface area (Å²) in [5.74, 6) is -0.199. The van der Waals surface area contributed by atoms with Gasteiger partial charge in [0.2, 0.25) is 0 Å². The Labute approximate surface area is 127 Å². The summed E-state index contributed by atoms with van der Waals surface area (Å²) < 4.78 is 0. The molecule has 0 bridgehead atoms. The maximum atomic E-state index is 12.3. The quantitative estimate of drug-likeness (QED) is 0.779. The SMILES string of the molecule is O=C(NC1CCNC1)c1cc(N2CCNC2=O)ccc1Cl. The van der Waals surface area contributed by atoms with E-state index in [4.69, 9.17) is 11.6 Å². The first-order chi connectivity index (χ1) is 10.1. The Balaban J connectivity index is 1.80. The molecule has 1 atom stereocenters. The summed E-state index contributed by atoms with van der Waals surface area (Å²) in [6.45, 7) is 2.88. The molecule has 2 fully saturated rings. The third-order valence-electron chi connectivity index (χ3n) is 3.76. The number of urea groups is 1. The van der Waals surface area contributed by atoms with Crippen molar-refractivity contribution in [2.75, 3.05) is 31.1 Å². The molecule has 2 saturated heterocycles. The third kappa shape index (κ3) is 2.96. The van der Waals surface area contributed by atoms with Crippen molar-refractivity contribution >= 4 is 29.2 Å². The molecule has 3 rings (SSSR count). The van der Waals surface area contributed by atoms with Gasteiger partial charge in [-0.25, -0.2) is 4.79 Å². The van der Waals surface area contributed by atoms with Crippen LogP contribution in [0.3, 0.4) is 0 Å². The highest BCUT2D eigenvalue weighted by atomic mass is 35.5. The van der Waals surface area contributed by atoms with Crippen molar-refractivity contribution < 1.29 is 9.59 Å². The van der Waals surface area contributed by atoms with Gasteiger partial charge in [-0.2, -0.15) is 0 Å². The maximum absolute atomic E-state index is 12.3. The number of amides is 3. The molecule has 0 saturated carbocycles. The third-order valence-corrected chi connectivity index (χ3v) is 4.09. The van der Waals surface area contributed by atoms with Crippen molar-refractivity contribution in [3.63, 3.8) is 0 Å². The van der Waals surface area contributed by atoms with Gasteiger partial charge < -0.3 is 16.0 Å². The van der Waals surface area contributed by atoms with E-state index in [2.05, 4.69) is 16.0 Å². The molecule has 0 aliphatic carbocycles. The first-order valence-corrected chi connectivity index (χ1v) is 7.39. The molecule has 7 heteroatoms. The Kier molecular flexibility index (Phi) is 3.98. The zero-order chi connectivity index (χ0) is 14.8. The lowest BCUT2D eigenvalue weighted by Crippen LogP contribution is -2.36. The predicted octanol–water partition coefficient (Wildman–Crippen LogP) is 0.961. The highest BCUT2D eigenvalue weighted by Gasteiger charge is 2.24. The number of nitrogens with zero attached hydrogens (tertiary/aromatic N) is 1. The number of hydrogen-bond donors (Lipinski definition) is 3. The van der Waals surface area contributed by atoms with Crippen LogP contribution in [-0.4, -0.2) is 44.2 Å². The van der Waals surface area contributed by atoms with E-state index in [-0.39, 0.29) is 18.0 Å². The first kappa shape index (κ1) is 14.2. The van der Waals surface area contributed by atoms with Crippen LogP contribution in [-0.2, 0) is 0 Å². The average Bonchev–Trinajstić information content (AvgIpc) is 3.11. The van der Waals surface area contributed by atoms with Gasteiger partial charge in [0.25, 0.3) is 5.91 Å². The van der Waals surface area contributed by atoms with Crippen molar-refractivity contribution in [3.05, 3.63) is 28.8 Å². The Morgan fingerprint density at radius 3 is 2.90 bits per heavy atom. The molecule has 2 aliphatic rings. The Bertz CT molecular complexity index is 572. The van der Waals surface area contributed by atoms with Crippen LogP contribution >= 0.6 is 11.6 Å². The van der Waals surface area contributed by atoms with E-state index in [1.54, 1.807) is 23.1 Å². The number of hydrogen-bond acceptors (Lipinski definition) is 3. The highest BCUT2D eigenvalue weighted by molar-refractivity contribution is 6.34. The monoisotopic (exact) mass is 308 g/mol. The van der Waals surface area contributed by atoms with Crippen molar-refractivity contribution in [1.82, 2.24) is 16.0 Å². The number of anilines is 1. The lowest BCUT2D eigenvalue weighted by atomic mass is 10.1. The molecule has 1 unspecified atom stereocenters. The Morgan fingerprint density at radius 2 is 2.24 bits per heavy atom. The molecular formula is C14H17ClN4O2. The van der Waals surface area contributed by atoms with E-state index in [0.29, 0.717) is 29.4 Å². The Morgan fingerprint density at radius 1 is 1.38 bits per heavy atom. The van der Waals surface area contributed by atoms with Gasteiger partial charge in [0.15, 0.2) is 0 Å². The van der Waals surface area contributed by atoms with E-state index in [9.17, 15) is 9.59 Å². The molecular weight excluding hydrogens is 292 g/mol. The molecule has 21 heavy (non-hydrogen) atoms. The fourth-order valence-electron chi connectivity index (χ4n) is 2.61. The fraction of sp³-hybridized carbons (Fsp3) is 0.429. The molecule has 3 N–H and O–H groups in total. The summed E-state index contributed by atoms with van der Waals surface area (Å²) in [6, 6.07) is 5.06. The number of carbonyl (C=O) groups excluding carboxylic acids is 2. The van der Waals surface area contributed by atoms with Crippen molar-refractivity contribution in [2.24, 2.45) is 0 Å². The van der Waals surface area contributed by atoms with Gasteiger partial charge in [0, 0.05) is 31.4 Å². The van der Waals surface area contributed by atoms with Crippen LogP contribution in [0.2, 0.25) is 5.02 Å². The number of benzene rings is 1. The normalized spacial score (nSPS) is 21.5. The number of carbonyl (C=O) groups is 2. The first-order valence-electron chi connectivity index (χ1n) is 7.01. The zero-order valence-corrected chi connectivity index (χ0v) is 12.2. The van der Waals surface area contributed by atoms with Crippen LogP contribution in [0.25, 0.3) is 0 Å². The van der Waals surface area contributed by atoms with Crippen molar-refractivity contribution in [1.29, 1.82) is 0 Å². The summed E-state index contributed by atoms with van der Waals surface area (Å²) in [5, 5.41) is 9.28.